The lowest BCUT2D eigenvalue weighted by Crippen LogP contribution is -2.52. The molecule has 0 radical (unpaired) electrons. The van der Waals surface area contributed by atoms with Gasteiger partial charge in [0.2, 0.25) is 0 Å². The molecule has 0 unspecified atom stereocenters. The first-order valence-electron chi connectivity index (χ1n) is 12.6. The fourth-order valence-corrected chi connectivity index (χ4v) is 4.75. The number of piperidine rings is 1. The number of likely N-dealkylation sites (N-methyl/N-ethyl adjacent to an activating group) is 1. The van der Waals surface area contributed by atoms with Crippen molar-refractivity contribution in [1.29, 1.82) is 0 Å². The Hall–Kier alpha value is -2.78. The van der Waals surface area contributed by atoms with Gasteiger partial charge in [-0.25, -0.2) is 4.79 Å². The predicted octanol–water partition coefficient (Wildman–Crippen LogP) is 3.66. The van der Waals surface area contributed by atoms with Crippen molar-refractivity contribution in [1.82, 2.24) is 19.7 Å². The molecule has 1 aromatic heterocycles. The standard InChI is InChI=1S/C26H40N4O5/c1-19(2)30(21-10-8-12-27-18-21)25(31)22-17-20-9-7-11-23(35-16-14-28(3)26(32)33)24(20)29(22)13-5-6-15-34-4/h7,9,11,17,19,21,27H,5-6,8,10,12-16,18H2,1-4H3,(H,32,33)/t21-/m1/s1. The Labute approximate surface area is 208 Å². The van der Waals surface area contributed by atoms with Crippen LogP contribution >= 0.6 is 0 Å². The molecule has 2 heterocycles. The molecular formula is C26H40N4O5. The fourth-order valence-electron chi connectivity index (χ4n) is 4.75. The number of para-hydroxylation sites is 1. The van der Waals surface area contributed by atoms with Crippen molar-refractivity contribution in [2.24, 2.45) is 0 Å². The molecule has 1 aliphatic rings. The largest absolute Gasteiger partial charge is 0.490 e. The molecule has 35 heavy (non-hydrogen) atoms. The van der Waals surface area contributed by atoms with Gasteiger partial charge in [-0.2, -0.15) is 0 Å². The van der Waals surface area contributed by atoms with E-state index < -0.39 is 6.09 Å². The quantitative estimate of drug-likeness (QED) is 0.443. The van der Waals surface area contributed by atoms with Crippen LogP contribution in [-0.4, -0.2) is 90.6 Å². The maximum absolute atomic E-state index is 14.0. The van der Waals surface area contributed by atoms with Crippen molar-refractivity contribution in [3.8, 4) is 5.75 Å². The molecule has 2 amide bonds. The molecule has 1 aromatic carbocycles. The zero-order valence-electron chi connectivity index (χ0n) is 21.5. The van der Waals surface area contributed by atoms with Crippen LogP contribution in [0.3, 0.4) is 0 Å². The molecule has 1 saturated heterocycles. The molecule has 0 aliphatic carbocycles. The number of carbonyl (C=O) groups excluding carboxylic acids is 1. The molecule has 0 bridgehead atoms. The van der Waals surface area contributed by atoms with Crippen molar-refractivity contribution in [2.75, 3.05) is 47.0 Å². The van der Waals surface area contributed by atoms with Crippen LogP contribution in [0, 0.1) is 0 Å². The second kappa shape index (κ2) is 12.8. The molecule has 1 fully saturated rings. The number of benzene rings is 1. The summed E-state index contributed by atoms with van der Waals surface area (Å²) < 4.78 is 13.3. The number of nitrogens with zero attached hydrogens (tertiary/aromatic N) is 3. The van der Waals surface area contributed by atoms with E-state index in [1.165, 1.54) is 11.9 Å². The Bertz CT molecular complexity index is 984. The van der Waals surface area contributed by atoms with E-state index in [-0.39, 0.29) is 31.1 Å². The van der Waals surface area contributed by atoms with Crippen LogP contribution in [0.5, 0.6) is 5.75 Å². The fraction of sp³-hybridized carbons (Fsp3) is 0.615. The van der Waals surface area contributed by atoms with E-state index in [2.05, 4.69) is 23.7 Å². The number of fused-ring (bicyclic) bond motifs is 1. The lowest BCUT2D eigenvalue weighted by atomic mass is 10.0. The number of aryl methyl sites for hydroxylation is 1. The molecule has 1 aliphatic heterocycles. The Morgan fingerprint density at radius 2 is 2.06 bits per heavy atom. The molecular weight excluding hydrogens is 448 g/mol. The van der Waals surface area contributed by atoms with Gasteiger partial charge in [0.1, 0.15) is 18.1 Å². The van der Waals surface area contributed by atoms with Gasteiger partial charge in [0.25, 0.3) is 5.91 Å². The highest BCUT2D eigenvalue weighted by Crippen LogP contribution is 2.31. The maximum Gasteiger partial charge on any atom is 0.407 e. The zero-order valence-corrected chi connectivity index (χ0v) is 21.5. The molecule has 194 valence electrons. The first-order chi connectivity index (χ1) is 16.8. The molecule has 2 aromatic rings. The van der Waals surface area contributed by atoms with Gasteiger partial charge in [0.05, 0.1) is 12.1 Å². The van der Waals surface area contributed by atoms with Crippen LogP contribution < -0.4 is 10.1 Å². The summed E-state index contributed by atoms with van der Waals surface area (Å²) in [4.78, 5) is 28.3. The average Bonchev–Trinajstić information content (AvgIpc) is 3.21. The summed E-state index contributed by atoms with van der Waals surface area (Å²) in [7, 11) is 3.21. The highest BCUT2D eigenvalue weighted by atomic mass is 16.5. The van der Waals surface area contributed by atoms with Crippen LogP contribution in [0.2, 0.25) is 0 Å². The van der Waals surface area contributed by atoms with E-state index in [9.17, 15) is 9.59 Å². The van der Waals surface area contributed by atoms with E-state index in [1.807, 2.05) is 29.2 Å². The topological polar surface area (TPSA) is 96.3 Å². The normalized spacial score (nSPS) is 16.0. The minimum absolute atomic E-state index is 0.0354. The predicted molar refractivity (Wildman–Crippen MR) is 136 cm³/mol. The minimum atomic E-state index is -0.993. The van der Waals surface area contributed by atoms with Gasteiger partial charge >= 0.3 is 6.09 Å². The molecule has 0 saturated carbocycles. The second-order valence-corrected chi connectivity index (χ2v) is 9.43. The van der Waals surface area contributed by atoms with Gasteiger partial charge in [0.15, 0.2) is 0 Å². The molecule has 2 N–H and O–H groups in total. The van der Waals surface area contributed by atoms with Crippen molar-refractivity contribution >= 4 is 22.9 Å². The zero-order chi connectivity index (χ0) is 25.4. The number of nitrogens with one attached hydrogen (secondary N) is 1. The van der Waals surface area contributed by atoms with E-state index in [0.29, 0.717) is 24.6 Å². The van der Waals surface area contributed by atoms with Gasteiger partial charge in [-0.15, -0.1) is 0 Å². The van der Waals surface area contributed by atoms with Crippen LogP contribution in [-0.2, 0) is 11.3 Å². The first-order valence-corrected chi connectivity index (χ1v) is 12.6. The van der Waals surface area contributed by atoms with Crippen molar-refractivity contribution in [3.05, 3.63) is 30.0 Å². The van der Waals surface area contributed by atoms with Crippen LogP contribution in [0.4, 0.5) is 4.79 Å². The summed E-state index contributed by atoms with van der Waals surface area (Å²) in [5.41, 5.74) is 1.53. The van der Waals surface area contributed by atoms with E-state index >= 15 is 0 Å². The lowest BCUT2D eigenvalue weighted by molar-refractivity contribution is 0.0562. The number of methoxy groups -OCH3 is 1. The molecule has 3 rings (SSSR count). The third kappa shape index (κ3) is 6.67. The number of carbonyl (C=O) groups is 2. The Balaban J connectivity index is 1.96. The summed E-state index contributed by atoms with van der Waals surface area (Å²) in [6.45, 7) is 7.76. The third-order valence-corrected chi connectivity index (χ3v) is 6.55. The minimum Gasteiger partial charge on any atom is -0.490 e. The molecule has 1 atom stereocenters. The van der Waals surface area contributed by atoms with Gasteiger partial charge in [0, 0.05) is 51.3 Å². The highest BCUT2D eigenvalue weighted by Gasteiger charge is 2.31. The Kier molecular flexibility index (Phi) is 9.80. The van der Waals surface area contributed by atoms with Gasteiger partial charge in [-0.05, 0) is 58.2 Å². The second-order valence-electron chi connectivity index (χ2n) is 9.43. The summed E-state index contributed by atoms with van der Waals surface area (Å²) >= 11 is 0. The van der Waals surface area contributed by atoms with Crippen LogP contribution in [0.1, 0.15) is 50.0 Å². The number of ether oxygens (including phenoxy) is 2. The molecule has 0 spiro atoms. The van der Waals surface area contributed by atoms with E-state index in [0.717, 1.165) is 49.7 Å². The smallest absolute Gasteiger partial charge is 0.407 e. The van der Waals surface area contributed by atoms with E-state index in [1.54, 1.807) is 7.11 Å². The number of amides is 2. The number of rotatable bonds is 12. The molecule has 9 nitrogen and oxygen atoms in total. The van der Waals surface area contributed by atoms with E-state index in [4.69, 9.17) is 14.6 Å². The number of hydrogen-bond donors (Lipinski definition) is 2. The third-order valence-electron chi connectivity index (χ3n) is 6.55. The number of aromatic nitrogens is 1. The lowest BCUT2D eigenvalue weighted by Gasteiger charge is -2.37. The Morgan fingerprint density at radius 1 is 1.26 bits per heavy atom. The SMILES string of the molecule is COCCCCn1c(C(=O)N(C(C)C)[C@@H]2CCCNC2)cc2cccc(OCCN(C)C(=O)O)c21. The number of unbranched alkanes of at least 4 members (excludes halogenated alkanes) is 1. The van der Waals surface area contributed by atoms with Gasteiger partial charge in [-0.3, -0.25) is 4.79 Å². The highest BCUT2D eigenvalue weighted by molar-refractivity contribution is 6.00. The first kappa shape index (κ1) is 26.8. The Morgan fingerprint density at radius 3 is 2.71 bits per heavy atom. The monoisotopic (exact) mass is 488 g/mol. The van der Waals surface area contributed by atoms with Crippen LogP contribution in [0.25, 0.3) is 10.9 Å². The van der Waals surface area contributed by atoms with Crippen molar-refractivity contribution < 1.29 is 24.2 Å². The summed E-state index contributed by atoms with van der Waals surface area (Å²) in [6, 6.07) is 8.00. The maximum atomic E-state index is 14.0. The summed E-state index contributed by atoms with van der Waals surface area (Å²) in [5.74, 6) is 0.690. The van der Waals surface area contributed by atoms with Crippen molar-refractivity contribution in [3.63, 3.8) is 0 Å². The van der Waals surface area contributed by atoms with Crippen LogP contribution in [0.15, 0.2) is 24.3 Å². The number of hydrogen-bond acceptors (Lipinski definition) is 5. The number of carboxylic acid groups (broad SMARTS) is 1. The molecule has 9 heteroatoms. The van der Waals surface area contributed by atoms with Gasteiger partial charge < -0.3 is 34.3 Å². The van der Waals surface area contributed by atoms with Crippen molar-refractivity contribution in [2.45, 2.75) is 58.2 Å². The average molecular weight is 489 g/mol. The van der Waals surface area contributed by atoms with Gasteiger partial charge in [-0.1, -0.05) is 12.1 Å². The summed E-state index contributed by atoms with van der Waals surface area (Å²) in [5, 5.41) is 13.5. The summed E-state index contributed by atoms with van der Waals surface area (Å²) in [6.07, 6.45) is 2.81.